The summed E-state index contributed by atoms with van der Waals surface area (Å²) < 4.78 is 0. The molecule has 0 radical (unpaired) electrons. The molecule has 0 aliphatic carbocycles. The molecule has 0 spiro atoms. The van der Waals surface area contributed by atoms with E-state index in [-0.39, 0.29) is 0 Å². The maximum atomic E-state index is 3.55. The van der Waals surface area contributed by atoms with Crippen LogP contribution in [0.4, 0.5) is 0 Å². The Morgan fingerprint density at radius 1 is 0.950 bits per heavy atom. The van der Waals surface area contributed by atoms with E-state index in [1.807, 2.05) is 0 Å². The molecule has 1 fully saturated rings. The molecule has 0 saturated carbocycles. The van der Waals surface area contributed by atoms with Gasteiger partial charge in [-0.2, -0.15) is 0 Å². The number of rotatable bonds is 8. The topological polar surface area (TPSA) is 15.3 Å². The summed E-state index contributed by atoms with van der Waals surface area (Å²) in [6, 6.07) is 8.82. The Morgan fingerprint density at radius 3 is 2.45 bits per heavy atom. The van der Waals surface area contributed by atoms with Gasteiger partial charge in [-0.25, -0.2) is 0 Å². The smallest absolute Gasteiger partial charge is 0.0205 e. The fourth-order valence-corrected chi connectivity index (χ4v) is 2.88. The lowest BCUT2D eigenvalue weighted by Gasteiger charge is -2.26. The van der Waals surface area contributed by atoms with E-state index in [1.54, 1.807) is 0 Å². The average molecular weight is 274 g/mol. The zero-order chi connectivity index (χ0) is 14.0. The summed E-state index contributed by atoms with van der Waals surface area (Å²) in [5.74, 6) is 0. The molecule has 0 unspecified atom stereocenters. The first-order valence-corrected chi connectivity index (χ1v) is 8.33. The van der Waals surface area contributed by atoms with E-state index >= 15 is 0 Å². The molecule has 2 heteroatoms. The van der Waals surface area contributed by atoms with Gasteiger partial charge in [-0.15, -0.1) is 0 Å². The van der Waals surface area contributed by atoms with E-state index in [2.05, 4.69) is 41.4 Å². The van der Waals surface area contributed by atoms with Crippen LogP contribution < -0.4 is 5.32 Å². The van der Waals surface area contributed by atoms with E-state index in [0.717, 1.165) is 13.1 Å². The molecule has 1 N–H and O–H groups in total. The molecule has 2 rings (SSSR count). The van der Waals surface area contributed by atoms with Crippen molar-refractivity contribution >= 4 is 0 Å². The van der Waals surface area contributed by atoms with Crippen LogP contribution in [-0.4, -0.2) is 31.1 Å². The Bertz CT molecular complexity index is 352. The molecule has 0 atom stereocenters. The van der Waals surface area contributed by atoms with Crippen molar-refractivity contribution in [3.8, 4) is 0 Å². The molecule has 0 amide bonds. The Labute approximate surface area is 124 Å². The zero-order valence-corrected chi connectivity index (χ0v) is 13.0. The van der Waals surface area contributed by atoms with Crippen molar-refractivity contribution in [1.29, 1.82) is 0 Å². The van der Waals surface area contributed by atoms with Gasteiger partial charge in [0.15, 0.2) is 0 Å². The highest BCUT2D eigenvalue weighted by molar-refractivity contribution is 5.20. The van der Waals surface area contributed by atoms with Gasteiger partial charge in [0, 0.05) is 6.54 Å². The lowest BCUT2D eigenvalue weighted by Crippen LogP contribution is -2.30. The van der Waals surface area contributed by atoms with Crippen molar-refractivity contribution in [2.24, 2.45) is 0 Å². The molecule has 1 aromatic rings. The van der Waals surface area contributed by atoms with Gasteiger partial charge in [0.25, 0.3) is 0 Å². The average Bonchev–Trinajstić information content (AvgIpc) is 2.49. The van der Waals surface area contributed by atoms with Gasteiger partial charge in [0.2, 0.25) is 0 Å². The third-order valence-corrected chi connectivity index (χ3v) is 4.23. The minimum Gasteiger partial charge on any atom is -0.313 e. The highest BCUT2D eigenvalue weighted by Crippen LogP contribution is 2.09. The van der Waals surface area contributed by atoms with Crippen LogP contribution in [0.5, 0.6) is 0 Å². The molecular weight excluding hydrogens is 244 g/mol. The zero-order valence-electron chi connectivity index (χ0n) is 13.0. The Morgan fingerprint density at radius 2 is 1.70 bits per heavy atom. The van der Waals surface area contributed by atoms with E-state index in [9.17, 15) is 0 Å². The fraction of sp³-hybridized carbons (Fsp3) is 0.667. The molecule has 20 heavy (non-hydrogen) atoms. The van der Waals surface area contributed by atoms with Crippen LogP contribution in [0, 0.1) is 6.92 Å². The lowest BCUT2D eigenvalue weighted by atomic mass is 10.1. The van der Waals surface area contributed by atoms with Gasteiger partial charge in [-0.1, -0.05) is 42.7 Å². The number of piperidine rings is 1. The summed E-state index contributed by atoms with van der Waals surface area (Å²) in [5.41, 5.74) is 2.73. The molecule has 1 aliphatic heterocycles. The van der Waals surface area contributed by atoms with Crippen molar-refractivity contribution in [2.45, 2.75) is 52.0 Å². The number of unbranched alkanes of at least 4 members (excludes halogenated alkanes) is 2. The number of hydrogen-bond donors (Lipinski definition) is 1. The van der Waals surface area contributed by atoms with Crippen molar-refractivity contribution in [3.63, 3.8) is 0 Å². The van der Waals surface area contributed by atoms with Crippen molar-refractivity contribution in [2.75, 3.05) is 26.2 Å². The lowest BCUT2D eigenvalue weighted by molar-refractivity contribution is 0.224. The Hall–Kier alpha value is -0.860. The standard InChI is InChI=1S/C18H30N2/c1-17-8-10-18(11-9-17)16-19-12-4-2-5-13-20-14-6-3-7-15-20/h8-11,19H,2-7,12-16H2,1H3. The first-order valence-electron chi connectivity index (χ1n) is 8.33. The number of nitrogens with zero attached hydrogens (tertiary/aromatic N) is 1. The molecule has 0 aromatic heterocycles. The summed E-state index contributed by atoms with van der Waals surface area (Å²) in [5, 5.41) is 3.55. The largest absolute Gasteiger partial charge is 0.313 e. The molecule has 0 bridgehead atoms. The van der Waals surface area contributed by atoms with E-state index in [0.29, 0.717) is 0 Å². The maximum Gasteiger partial charge on any atom is 0.0205 e. The minimum atomic E-state index is 1.01. The van der Waals surface area contributed by atoms with Crippen molar-refractivity contribution in [3.05, 3.63) is 35.4 Å². The SMILES string of the molecule is Cc1ccc(CNCCCCCN2CCCCC2)cc1. The number of nitrogens with one attached hydrogen (secondary N) is 1. The van der Waals surface area contributed by atoms with Crippen LogP contribution in [0.25, 0.3) is 0 Å². The second kappa shape index (κ2) is 9.15. The molecular formula is C18H30N2. The first kappa shape index (κ1) is 15.5. The van der Waals surface area contributed by atoms with Gasteiger partial charge in [-0.3, -0.25) is 0 Å². The third kappa shape index (κ3) is 6.06. The Kier molecular flexibility index (Phi) is 7.10. The first-order chi connectivity index (χ1) is 9.84. The molecule has 1 aliphatic rings. The number of aryl methyl sites for hydroxylation is 1. The summed E-state index contributed by atoms with van der Waals surface area (Å²) in [6.45, 7) is 8.29. The van der Waals surface area contributed by atoms with Gasteiger partial charge >= 0.3 is 0 Å². The van der Waals surface area contributed by atoms with E-state index in [1.165, 1.54) is 69.3 Å². The second-order valence-corrected chi connectivity index (χ2v) is 6.13. The molecule has 1 aromatic carbocycles. The normalized spacial score (nSPS) is 16.4. The molecule has 112 valence electrons. The van der Waals surface area contributed by atoms with Crippen molar-refractivity contribution in [1.82, 2.24) is 10.2 Å². The third-order valence-electron chi connectivity index (χ3n) is 4.23. The predicted octanol–water partition coefficient (Wildman–Crippen LogP) is 3.74. The van der Waals surface area contributed by atoms with Gasteiger partial charge in [0.1, 0.15) is 0 Å². The van der Waals surface area contributed by atoms with Crippen LogP contribution >= 0.6 is 0 Å². The fourth-order valence-electron chi connectivity index (χ4n) is 2.88. The van der Waals surface area contributed by atoms with Gasteiger partial charge in [0.05, 0.1) is 0 Å². The molecule has 2 nitrogen and oxygen atoms in total. The predicted molar refractivity (Wildman–Crippen MR) is 87.0 cm³/mol. The number of hydrogen-bond acceptors (Lipinski definition) is 2. The minimum absolute atomic E-state index is 1.01. The van der Waals surface area contributed by atoms with E-state index in [4.69, 9.17) is 0 Å². The molecule has 1 heterocycles. The number of likely N-dealkylation sites (tertiary alicyclic amines) is 1. The summed E-state index contributed by atoms with van der Waals surface area (Å²) in [6.07, 6.45) is 8.30. The number of benzene rings is 1. The monoisotopic (exact) mass is 274 g/mol. The van der Waals surface area contributed by atoms with Crippen molar-refractivity contribution < 1.29 is 0 Å². The van der Waals surface area contributed by atoms with Gasteiger partial charge < -0.3 is 10.2 Å². The summed E-state index contributed by atoms with van der Waals surface area (Å²) in [4.78, 5) is 2.64. The highest BCUT2D eigenvalue weighted by Gasteiger charge is 2.08. The highest BCUT2D eigenvalue weighted by atomic mass is 15.1. The quantitative estimate of drug-likeness (QED) is 0.726. The van der Waals surface area contributed by atoms with Crippen LogP contribution in [-0.2, 0) is 6.54 Å². The van der Waals surface area contributed by atoms with Crippen LogP contribution in [0.3, 0.4) is 0 Å². The summed E-state index contributed by atoms with van der Waals surface area (Å²) in [7, 11) is 0. The summed E-state index contributed by atoms with van der Waals surface area (Å²) >= 11 is 0. The van der Waals surface area contributed by atoms with Gasteiger partial charge in [-0.05, 0) is 64.3 Å². The maximum absolute atomic E-state index is 3.55. The molecule has 1 saturated heterocycles. The Balaban J connectivity index is 1.44. The van der Waals surface area contributed by atoms with E-state index < -0.39 is 0 Å². The second-order valence-electron chi connectivity index (χ2n) is 6.13. The van der Waals surface area contributed by atoms with Crippen LogP contribution in [0.1, 0.15) is 49.7 Å². The van der Waals surface area contributed by atoms with Crippen LogP contribution in [0.15, 0.2) is 24.3 Å². The van der Waals surface area contributed by atoms with Crippen LogP contribution in [0.2, 0.25) is 0 Å².